The normalized spacial score (nSPS) is 25.9. The van der Waals surface area contributed by atoms with Crippen molar-refractivity contribution < 1.29 is 19.4 Å². The predicted molar refractivity (Wildman–Crippen MR) is 193 cm³/mol. The van der Waals surface area contributed by atoms with E-state index in [1.807, 2.05) is 65.6 Å². The Kier molecular flexibility index (Phi) is 9.14. The summed E-state index contributed by atoms with van der Waals surface area (Å²) in [6.07, 6.45) is 7.67. The molecule has 5 nitrogen and oxygen atoms in total. The third-order valence-corrected chi connectivity index (χ3v) is 12.3. The van der Waals surface area contributed by atoms with Crippen molar-refractivity contribution in [1.82, 2.24) is 4.90 Å². The fourth-order valence-electron chi connectivity index (χ4n) is 8.55. The molecule has 4 aliphatic rings. The Morgan fingerprint density at radius 2 is 1.79 bits per heavy atom. The minimum Gasteiger partial charge on any atom is -0.440 e. The van der Waals surface area contributed by atoms with Gasteiger partial charge in [0.15, 0.2) is 5.78 Å². The van der Waals surface area contributed by atoms with Crippen molar-refractivity contribution in [2.75, 3.05) is 13.1 Å². The van der Waals surface area contributed by atoms with Crippen LogP contribution in [0.1, 0.15) is 90.2 Å². The molecule has 1 saturated carbocycles. The highest BCUT2D eigenvalue weighted by Crippen LogP contribution is 2.61. The van der Waals surface area contributed by atoms with Crippen molar-refractivity contribution in [1.29, 1.82) is 0 Å². The number of ketones is 1. The number of hydrogen-bond acceptors (Lipinski definition) is 5. The lowest BCUT2D eigenvalue weighted by Gasteiger charge is -2.43. The number of thiophene rings is 1. The van der Waals surface area contributed by atoms with E-state index in [1.165, 1.54) is 10.5 Å². The summed E-state index contributed by atoms with van der Waals surface area (Å²) in [5, 5.41) is 13.1. The molecule has 8 rings (SSSR count). The Balaban J connectivity index is 1.31. The molecule has 6 heteroatoms. The van der Waals surface area contributed by atoms with Gasteiger partial charge in [-0.15, -0.1) is 11.3 Å². The van der Waals surface area contributed by atoms with Gasteiger partial charge in [0.25, 0.3) is 0 Å². The van der Waals surface area contributed by atoms with E-state index in [9.17, 15) is 14.7 Å². The summed E-state index contributed by atoms with van der Waals surface area (Å²) in [6.45, 7) is 5.66. The van der Waals surface area contributed by atoms with Crippen LogP contribution in [-0.4, -0.2) is 46.7 Å². The predicted octanol–water partition coefficient (Wildman–Crippen LogP) is 9.39. The van der Waals surface area contributed by atoms with Crippen molar-refractivity contribution in [3.63, 3.8) is 0 Å². The van der Waals surface area contributed by atoms with E-state index < -0.39 is 17.1 Å². The number of allylic oxidation sites excluding steroid dienone is 2. The van der Waals surface area contributed by atoms with Crippen LogP contribution in [0.4, 0.5) is 4.79 Å². The van der Waals surface area contributed by atoms with Crippen LogP contribution in [0.3, 0.4) is 0 Å². The minimum absolute atomic E-state index is 0.00656. The summed E-state index contributed by atoms with van der Waals surface area (Å²) in [6, 6.07) is 28.4. The molecule has 3 aliphatic carbocycles. The third kappa shape index (κ3) is 6.17. The molecular weight excluding hydrogens is 615 g/mol. The molecule has 0 radical (unpaired) electrons. The Morgan fingerprint density at radius 3 is 2.60 bits per heavy atom. The fraction of sp³-hybridized carbons (Fsp3) is 0.381. The first kappa shape index (κ1) is 32.5. The van der Waals surface area contributed by atoms with Crippen LogP contribution >= 0.6 is 11.3 Å². The van der Waals surface area contributed by atoms with E-state index in [0.717, 1.165) is 60.8 Å². The van der Waals surface area contributed by atoms with Gasteiger partial charge in [-0.25, -0.2) is 4.79 Å². The molecule has 2 heterocycles. The molecule has 48 heavy (non-hydrogen) atoms. The topological polar surface area (TPSA) is 66.8 Å². The van der Waals surface area contributed by atoms with Gasteiger partial charge in [-0.05, 0) is 104 Å². The molecule has 1 aromatic heterocycles. The van der Waals surface area contributed by atoms with Crippen molar-refractivity contribution in [2.24, 2.45) is 5.41 Å². The van der Waals surface area contributed by atoms with E-state index in [1.54, 1.807) is 11.3 Å². The quantitative estimate of drug-likeness (QED) is 0.165. The van der Waals surface area contributed by atoms with Gasteiger partial charge in [0.1, 0.15) is 5.60 Å². The van der Waals surface area contributed by atoms with Crippen molar-refractivity contribution >= 4 is 23.2 Å². The molecule has 1 saturated heterocycles. The second kappa shape index (κ2) is 13.5. The fourth-order valence-corrected chi connectivity index (χ4v) is 9.25. The zero-order chi connectivity index (χ0) is 33.3. The van der Waals surface area contributed by atoms with Crippen LogP contribution in [-0.2, 0) is 17.6 Å². The minimum atomic E-state index is -0.639. The molecule has 1 spiro atoms. The molecule has 3 aromatic carbocycles. The van der Waals surface area contributed by atoms with Crippen LogP contribution < -0.4 is 0 Å². The molecular formula is C42H45NO4S. The van der Waals surface area contributed by atoms with E-state index in [-0.39, 0.29) is 17.8 Å². The first-order valence-corrected chi connectivity index (χ1v) is 18.3. The number of ether oxygens (including phenoxy) is 1. The summed E-state index contributed by atoms with van der Waals surface area (Å²) in [5.41, 5.74) is 5.51. The molecule has 2 fully saturated rings. The van der Waals surface area contributed by atoms with E-state index >= 15 is 0 Å². The number of carbonyl (C=O) groups is 2. The van der Waals surface area contributed by atoms with Crippen molar-refractivity contribution in [3.8, 4) is 11.1 Å². The number of fused-ring (bicyclic) bond motifs is 8. The largest absolute Gasteiger partial charge is 0.440 e. The van der Waals surface area contributed by atoms with Crippen LogP contribution in [0.25, 0.3) is 11.1 Å². The second-order valence-corrected chi connectivity index (χ2v) is 15.3. The zero-order valence-corrected chi connectivity index (χ0v) is 28.8. The number of carbonyl (C=O) groups excluding carboxylic acids is 2. The standard InChI is InChI=1S/C42H45NO4S/c1-29-10-8-22-41(2)38(20-23-42(41)28-43(40(46)47-42)24-21-33-13-9-25-48-33)35-19-17-30(26-32(44)18-16-29)27-37(35)39(45)36-15-7-6-14-34(36)31-11-4-3-5-12-31/h3-7,9-15,17,19,25,27,32,38,44H,8,16,18,20-24,26,28H2,1-2H3. The summed E-state index contributed by atoms with van der Waals surface area (Å²) in [7, 11) is 0. The molecule has 4 unspecified atom stereocenters. The number of aliphatic hydroxyl groups is 1. The van der Waals surface area contributed by atoms with Crippen molar-refractivity contribution in [3.05, 3.63) is 129 Å². The number of nitrogens with zero attached hydrogens (tertiary/aromatic N) is 1. The molecule has 248 valence electrons. The number of aliphatic hydroxyl groups excluding tert-OH is 1. The Labute approximate surface area is 288 Å². The maximum Gasteiger partial charge on any atom is 0.410 e. The van der Waals surface area contributed by atoms with E-state index in [0.29, 0.717) is 37.1 Å². The van der Waals surface area contributed by atoms with Crippen LogP contribution in [0.5, 0.6) is 0 Å². The molecule has 2 bridgehead atoms. The molecule has 4 atom stereocenters. The molecule has 1 amide bonds. The Hall–Kier alpha value is -4.00. The molecule has 1 N–H and O–H groups in total. The highest BCUT2D eigenvalue weighted by atomic mass is 32.1. The van der Waals surface area contributed by atoms with Crippen LogP contribution in [0.15, 0.2) is 102 Å². The van der Waals surface area contributed by atoms with E-state index in [4.69, 9.17) is 4.74 Å². The third-order valence-electron chi connectivity index (χ3n) is 11.3. The van der Waals surface area contributed by atoms with Crippen LogP contribution in [0, 0.1) is 5.41 Å². The Morgan fingerprint density at radius 1 is 0.979 bits per heavy atom. The van der Waals surface area contributed by atoms with Gasteiger partial charge in [-0.1, -0.05) is 91.4 Å². The van der Waals surface area contributed by atoms with Gasteiger partial charge in [-0.2, -0.15) is 0 Å². The number of benzene rings is 3. The molecule has 1 aliphatic heterocycles. The monoisotopic (exact) mass is 659 g/mol. The van der Waals surface area contributed by atoms with Gasteiger partial charge in [0.05, 0.1) is 12.6 Å². The maximum absolute atomic E-state index is 14.9. The van der Waals surface area contributed by atoms with E-state index in [2.05, 4.69) is 49.6 Å². The van der Waals surface area contributed by atoms with Crippen LogP contribution in [0.2, 0.25) is 0 Å². The Bertz CT molecular complexity index is 1810. The summed E-state index contributed by atoms with van der Waals surface area (Å²) in [5.74, 6) is 0.00826. The average molecular weight is 660 g/mol. The number of hydrogen-bond donors (Lipinski definition) is 1. The first-order valence-electron chi connectivity index (χ1n) is 17.4. The SMILES string of the molecule is CC1=CCCC2(C)C(CCC23CN(CCc2cccs2)C(=O)O3)c2ccc(cc2C(=O)c2ccccc2-c2ccccc2)CC(O)CC1. The van der Waals surface area contributed by atoms with Gasteiger partial charge >= 0.3 is 6.09 Å². The summed E-state index contributed by atoms with van der Waals surface area (Å²) >= 11 is 1.72. The average Bonchev–Trinajstić information content (AvgIpc) is 3.81. The smallest absolute Gasteiger partial charge is 0.410 e. The highest BCUT2D eigenvalue weighted by molar-refractivity contribution is 7.09. The molecule has 4 aromatic rings. The lowest BCUT2D eigenvalue weighted by atomic mass is 9.64. The second-order valence-electron chi connectivity index (χ2n) is 14.3. The maximum atomic E-state index is 14.9. The lowest BCUT2D eigenvalue weighted by molar-refractivity contribution is -0.0372. The van der Waals surface area contributed by atoms with Gasteiger partial charge in [-0.3, -0.25) is 4.79 Å². The number of rotatable bonds is 6. The number of amides is 1. The summed E-state index contributed by atoms with van der Waals surface area (Å²) < 4.78 is 6.53. The van der Waals surface area contributed by atoms with Gasteiger partial charge in [0.2, 0.25) is 0 Å². The van der Waals surface area contributed by atoms with Gasteiger partial charge in [0, 0.05) is 28.0 Å². The summed E-state index contributed by atoms with van der Waals surface area (Å²) in [4.78, 5) is 31.6. The lowest BCUT2D eigenvalue weighted by Crippen LogP contribution is -2.48. The zero-order valence-electron chi connectivity index (χ0n) is 28.0. The van der Waals surface area contributed by atoms with Crippen molar-refractivity contribution in [2.45, 2.75) is 82.8 Å². The first-order chi connectivity index (χ1) is 23.3. The van der Waals surface area contributed by atoms with Gasteiger partial charge < -0.3 is 14.7 Å². The highest BCUT2D eigenvalue weighted by Gasteiger charge is 2.63.